The van der Waals surface area contributed by atoms with Gasteiger partial charge in [0.2, 0.25) is 11.8 Å². The maximum Gasteiger partial charge on any atom is 0.249 e. The lowest BCUT2D eigenvalue weighted by Gasteiger charge is -2.13. The van der Waals surface area contributed by atoms with Gasteiger partial charge in [0.1, 0.15) is 0 Å². The van der Waals surface area contributed by atoms with Crippen LogP contribution in [-0.2, 0) is 4.79 Å². The fourth-order valence-electron chi connectivity index (χ4n) is 1.48. The molecular weight excluding hydrogens is 222 g/mol. The summed E-state index contributed by atoms with van der Waals surface area (Å²) in [6.45, 7) is -0.526. The first-order valence-electron chi connectivity index (χ1n) is 4.75. The Balaban J connectivity index is 3.38. The van der Waals surface area contributed by atoms with Gasteiger partial charge < -0.3 is 16.6 Å². The summed E-state index contributed by atoms with van der Waals surface area (Å²) in [5.74, 6) is -2.55. The fraction of sp³-hybridized carbons (Fsp3) is 0.182. The van der Waals surface area contributed by atoms with Crippen LogP contribution < -0.4 is 11.5 Å². The van der Waals surface area contributed by atoms with Crippen LogP contribution in [0.2, 0.25) is 0 Å². The summed E-state index contributed by atoms with van der Waals surface area (Å²) in [4.78, 5) is 22.3. The van der Waals surface area contributed by atoms with Gasteiger partial charge in [-0.1, -0.05) is 6.07 Å². The number of carbonyl (C=O) groups excluding carboxylic acids is 2. The summed E-state index contributed by atoms with van der Waals surface area (Å²) in [5, 5.41) is 17.8. The zero-order chi connectivity index (χ0) is 13.0. The van der Waals surface area contributed by atoms with Gasteiger partial charge in [-0.3, -0.25) is 9.59 Å². The Labute approximate surface area is 97.4 Å². The van der Waals surface area contributed by atoms with Crippen LogP contribution in [0.25, 0.3) is 0 Å². The molecule has 1 aromatic carbocycles. The molecule has 1 aromatic rings. The normalized spacial score (nSPS) is 11.5. The molecule has 17 heavy (non-hydrogen) atoms. The molecule has 0 aliphatic heterocycles. The van der Waals surface area contributed by atoms with Crippen LogP contribution in [-0.4, -0.2) is 23.5 Å². The molecule has 5 N–H and O–H groups in total. The fourth-order valence-corrected chi connectivity index (χ4v) is 1.48. The number of aliphatic hydroxyl groups excluding tert-OH is 1. The van der Waals surface area contributed by atoms with Crippen LogP contribution in [0.3, 0.4) is 0 Å². The highest BCUT2D eigenvalue weighted by Gasteiger charge is 2.22. The maximum absolute atomic E-state index is 11.2. The van der Waals surface area contributed by atoms with Crippen molar-refractivity contribution >= 4 is 11.8 Å². The predicted molar refractivity (Wildman–Crippen MR) is 58.7 cm³/mol. The second-order valence-corrected chi connectivity index (χ2v) is 3.42. The quantitative estimate of drug-likeness (QED) is 0.629. The minimum absolute atomic E-state index is 0.0156. The van der Waals surface area contributed by atoms with Gasteiger partial charge in [-0.05, 0) is 17.7 Å². The van der Waals surface area contributed by atoms with E-state index < -0.39 is 24.3 Å². The summed E-state index contributed by atoms with van der Waals surface area (Å²) in [6, 6.07) is 5.93. The Morgan fingerprint density at radius 3 is 2.47 bits per heavy atom. The monoisotopic (exact) mass is 233 g/mol. The molecule has 0 saturated heterocycles. The van der Waals surface area contributed by atoms with Crippen molar-refractivity contribution in [3.05, 3.63) is 34.9 Å². The second-order valence-electron chi connectivity index (χ2n) is 3.42. The molecule has 0 heterocycles. The first-order chi connectivity index (χ1) is 8.01. The Hall–Kier alpha value is -2.39. The molecule has 0 aliphatic rings. The highest BCUT2D eigenvalue weighted by molar-refractivity contribution is 5.97. The van der Waals surface area contributed by atoms with Gasteiger partial charge in [-0.2, -0.15) is 5.26 Å². The van der Waals surface area contributed by atoms with Crippen molar-refractivity contribution in [2.75, 3.05) is 6.61 Å². The number of hydrogen-bond donors (Lipinski definition) is 3. The summed E-state index contributed by atoms with van der Waals surface area (Å²) in [6.07, 6.45) is 0. The van der Waals surface area contributed by atoms with Crippen molar-refractivity contribution in [2.45, 2.75) is 5.92 Å². The standard InChI is InChI=1S/C11H11N3O3/c12-4-6-1-2-7(8(3-6)10(13)16)9(5-15)11(14)17/h1-3,9,15H,5H2,(H2,13,16)(H2,14,17)/t9-/m1/s1. The summed E-state index contributed by atoms with van der Waals surface area (Å²) in [5.41, 5.74) is 10.7. The van der Waals surface area contributed by atoms with E-state index in [1.165, 1.54) is 18.2 Å². The molecule has 0 fully saturated rings. The van der Waals surface area contributed by atoms with E-state index in [-0.39, 0.29) is 16.7 Å². The largest absolute Gasteiger partial charge is 0.395 e. The van der Waals surface area contributed by atoms with E-state index >= 15 is 0 Å². The third kappa shape index (κ3) is 2.59. The highest BCUT2D eigenvalue weighted by atomic mass is 16.3. The average Bonchev–Trinajstić information content (AvgIpc) is 2.29. The number of primary amides is 2. The van der Waals surface area contributed by atoms with Crippen LogP contribution in [0, 0.1) is 11.3 Å². The van der Waals surface area contributed by atoms with Crippen molar-refractivity contribution in [1.29, 1.82) is 5.26 Å². The number of carbonyl (C=O) groups is 2. The van der Waals surface area contributed by atoms with E-state index in [9.17, 15) is 9.59 Å². The van der Waals surface area contributed by atoms with E-state index in [4.69, 9.17) is 21.8 Å². The van der Waals surface area contributed by atoms with E-state index in [1.54, 1.807) is 0 Å². The van der Waals surface area contributed by atoms with Crippen molar-refractivity contribution in [2.24, 2.45) is 11.5 Å². The van der Waals surface area contributed by atoms with Crippen LogP contribution in [0.5, 0.6) is 0 Å². The van der Waals surface area contributed by atoms with Gasteiger partial charge in [-0.15, -0.1) is 0 Å². The summed E-state index contributed by atoms with van der Waals surface area (Å²) >= 11 is 0. The Morgan fingerprint density at radius 2 is 2.06 bits per heavy atom. The summed E-state index contributed by atoms with van der Waals surface area (Å²) in [7, 11) is 0. The molecule has 0 aliphatic carbocycles. The zero-order valence-electron chi connectivity index (χ0n) is 8.88. The van der Waals surface area contributed by atoms with E-state index in [0.29, 0.717) is 0 Å². The van der Waals surface area contributed by atoms with Gasteiger partial charge in [-0.25, -0.2) is 0 Å². The lowest BCUT2D eigenvalue weighted by molar-refractivity contribution is -0.120. The van der Waals surface area contributed by atoms with Crippen molar-refractivity contribution in [1.82, 2.24) is 0 Å². The minimum atomic E-state index is -1.01. The summed E-state index contributed by atoms with van der Waals surface area (Å²) < 4.78 is 0. The number of nitriles is 1. The number of amides is 2. The third-order valence-electron chi connectivity index (χ3n) is 2.35. The van der Waals surface area contributed by atoms with Gasteiger partial charge in [0.05, 0.1) is 24.2 Å². The molecule has 0 saturated carbocycles. The average molecular weight is 233 g/mol. The molecule has 6 heteroatoms. The number of nitrogens with zero attached hydrogens (tertiary/aromatic N) is 1. The molecule has 88 valence electrons. The maximum atomic E-state index is 11.2. The Morgan fingerprint density at radius 1 is 1.41 bits per heavy atom. The smallest absolute Gasteiger partial charge is 0.249 e. The van der Waals surface area contributed by atoms with E-state index in [1.807, 2.05) is 6.07 Å². The van der Waals surface area contributed by atoms with Crippen molar-refractivity contribution in [3.8, 4) is 6.07 Å². The molecular formula is C11H11N3O3. The van der Waals surface area contributed by atoms with E-state index in [2.05, 4.69) is 0 Å². The van der Waals surface area contributed by atoms with Gasteiger partial charge in [0, 0.05) is 5.56 Å². The van der Waals surface area contributed by atoms with Gasteiger partial charge >= 0.3 is 0 Å². The lowest BCUT2D eigenvalue weighted by Crippen LogP contribution is -2.27. The molecule has 0 aromatic heterocycles. The highest BCUT2D eigenvalue weighted by Crippen LogP contribution is 2.21. The van der Waals surface area contributed by atoms with E-state index in [0.717, 1.165) is 0 Å². The first kappa shape index (κ1) is 12.7. The van der Waals surface area contributed by atoms with Crippen molar-refractivity contribution < 1.29 is 14.7 Å². The molecule has 0 radical (unpaired) electrons. The number of benzene rings is 1. The Bertz CT molecular complexity index is 505. The lowest BCUT2D eigenvalue weighted by atomic mass is 9.92. The molecule has 6 nitrogen and oxygen atoms in total. The van der Waals surface area contributed by atoms with Gasteiger partial charge in [0.25, 0.3) is 0 Å². The first-order valence-corrected chi connectivity index (χ1v) is 4.75. The molecule has 1 rings (SSSR count). The molecule has 1 atom stereocenters. The number of rotatable bonds is 4. The van der Waals surface area contributed by atoms with Gasteiger partial charge in [0.15, 0.2) is 0 Å². The Kier molecular flexibility index (Phi) is 3.80. The van der Waals surface area contributed by atoms with Crippen LogP contribution >= 0.6 is 0 Å². The predicted octanol–water partition coefficient (Wildman–Crippen LogP) is -0.782. The number of hydrogen-bond acceptors (Lipinski definition) is 4. The number of aliphatic hydroxyl groups is 1. The SMILES string of the molecule is N#Cc1ccc([C@@H](CO)C(N)=O)c(C(N)=O)c1. The van der Waals surface area contributed by atoms with Crippen molar-refractivity contribution in [3.63, 3.8) is 0 Å². The molecule has 0 unspecified atom stereocenters. The third-order valence-corrected chi connectivity index (χ3v) is 2.35. The minimum Gasteiger partial charge on any atom is -0.395 e. The molecule has 2 amide bonds. The zero-order valence-corrected chi connectivity index (χ0v) is 8.88. The number of nitrogens with two attached hydrogens (primary N) is 2. The van der Waals surface area contributed by atoms with Crippen LogP contribution in [0.15, 0.2) is 18.2 Å². The topological polar surface area (TPSA) is 130 Å². The second kappa shape index (κ2) is 5.09. The van der Waals surface area contributed by atoms with Crippen LogP contribution in [0.1, 0.15) is 27.4 Å². The molecule has 0 spiro atoms. The molecule has 0 bridgehead atoms. The van der Waals surface area contributed by atoms with Crippen LogP contribution in [0.4, 0.5) is 0 Å².